The molecule has 1 aliphatic rings. The lowest BCUT2D eigenvalue weighted by Crippen LogP contribution is -2.39. The highest BCUT2D eigenvalue weighted by Crippen LogP contribution is 2.41. The van der Waals surface area contributed by atoms with Crippen molar-refractivity contribution in [1.82, 2.24) is 5.48 Å². The van der Waals surface area contributed by atoms with Gasteiger partial charge in [0.05, 0.1) is 13.2 Å². The SMILES string of the molecule is CCC(C)(C)c1ccc2c(c1)C(NOC)CC(C)(C)O2. The molecule has 1 heterocycles. The van der Waals surface area contributed by atoms with Crippen LogP contribution in [-0.2, 0) is 10.3 Å². The van der Waals surface area contributed by atoms with E-state index in [1.165, 1.54) is 11.1 Å². The van der Waals surface area contributed by atoms with Gasteiger partial charge in [-0.1, -0.05) is 26.8 Å². The number of nitrogens with one attached hydrogen (secondary N) is 1. The van der Waals surface area contributed by atoms with Crippen LogP contribution in [0.1, 0.15) is 64.6 Å². The lowest BCUT2D eigenvalue weighted by atomic mass is 9.80. The Bertz CT molecular complexity index is 480. The fourth-order valence-corrected chi connectivity index (χ4v) is 2.73. The molecule has 0 fully saturated rings. The topological polar surface area (TPSA) is 30.5 Å². The van der Waals surface area contributed by atoms with Crippen molar-refractivity contribution in [3.63, 3.8) is 0 Å². The number of hydrogen-bond acceptors (Lipinski definition) is 3. The van der Waals surface area contributed by atoms with Gasteiger partial charge in [-0.3, -0.25) is 0 Å². The molecule has 2 rings (SSSR count). The normalized spacial score (nSPS) is 21.2. The van der Waals surface area contributed by atoms with Gasteiger partial charge in [-0.05, 0) is 43.4 Å². The highest BCUT2D eigenvalue weighted by atomic mass is 16.6. The van der Waals surface area contributed by atoms with Crippen molar-refractivity contribution in [2.24, 2.45) is 0 Å². The van der Waals surface area contributed by atoms with Crippen LogP contribution in [0.3, 0.4) is 0 Å². The van der Waals surface area contributed by atoms with E-state index in [1.54, 1.807) is 7.11 Å². The molecule has 0 saturated heterocycles. The predicted molar refractivity (Wildman–Crippen MR) is 82.0 cm³/mol. The second-order valence-corrected chi connectivity index (χ2v) is 6.93. The molecule has 1 unspecified atom stereocenters. The molecule has 1 atom stereocenters. The smallest absolute Gasteiger partial charge is 0.124 e. The molecule has 1 N–H and O–H groups in total. The average molecular weight is 277 g/mol. The van der Waals surface area contributed by atoms with Crippen molar-refractivity contribution in [3.05, 3.63) is 29.3 Å². The van der Waals surface area contributed by atoms with Crippen LogP contribution in [0, 0.1) is 0 Å². The summed E-state index contributed by atoms with van der Waals surface area (Å²) in [5.41, 5.74) is 5.67. The molecule has 0 spiro atoms. The van der Waals surface area contributed by atoms with Crippen LogP contribution in [0.5, 0.6) is 5.75 Å². The molecule has 0 radical (unpaired) electrons. The van der Waals surface area contributed by atoms with Gasteiger partial charge in [0.15, 0.2) is 0 Å². The van der Waals surface area contributed by atoms with E-state index in [4.69, 9.17) is 9.57 Å². The summed E-state index contributed by atoms with van der Waals surface area (Å²) in [4.78, 5) is 5.18. The molecule has 0 aliphatic carbocycles. The minimum atomic E-state index is -0.176. The van der Waals surface area contributed by atoms with E-state index in [1.807, 2.05) is 0 Å². The van der Waals surface area contributed by atoms with Crippen molar-refractivity contribution in [3.8, 4) is 5.75 Å². The molecule has 1 aromatic carbocycles. The van der Waals surface area contributed by atoms with E-state index < -0.39 is 0 Å². The van der Waals surface area contributed by atoms with E-state index >= 15 is 0 Å². The number of benzene rings is 1. The first-order chi connectivity index (χ1) is 9.29. The van der Waals surface area contributed by atoms with Crippen molar-refractivity contribution < 1.29 is 9.57 Å². The van der Waals surface area contributed by atoms with E-state index in [0.717, 1.165) is 18.6 Å². The van der Waals surface area contributed by atoms with Crippen LogP contribution in [0.4, 0.5) is 0 Å². The van der Waals surface area contributed by atoms with Crippen molar-refractivity contribution >= 4 is 0 Å². The number of fused-ring (bicyclic) bond motifs is 1. The Morgan fingerprint density at radius 3 is 2.70 bits per heavy atom. The van der Waals surface area contributed by atoms with E-state index in [9.17, 15) is 0 Å². The minimum absolute atomic E-state index is 0.173. The monoisotopic (exact) mass is 277 g/mol. The molecule has 0 aromatic heterocycles. The van der Waals surface area contributed by atoms with E-state index in [2.05, 4.69) is 58.3 Å². The summed E-state index contributed by atoms with van der Waals surface area (Å²) in [5.74, 6) is 0.964. The summed E-state index contributed by atoms with van der Waals surface area (Å²) in [6, 6.07) is 6.73. The molecular formula is C17H27NO2. The number of ether oxygens (including phenoxy) is 1. The molecule has 3 heteroatoms. The van der Waals surface area contributed by atoms with Gasteiger partial charge in [0.2, 0.25) is 0 Å². The Morgan fingerprint density at radius 1 is 1.40 bits per heavy atom. The third kappa shape index (κ3) is 2.99. The highest BCUT2D eigenvalue weighted by Gasteiger charge is 2.34. The second kappa shape index (κ2) is 5.38. The number of hydrogen-bond donors (Lipinski definition) is 1. The van der Waals surface area contributed by atoms with Crippen LogP contribution in [0.25, 0.3) is 0 Å². The first-order valence-electron chi connectivity index (χ1n) is 7.41. The molecule has 0 bridgehead atoms. The third-order valence-electron chi connectivity index (χ3n) is 4.39. The molecule has 0 saturated carbocycles. The molecular weight excluding hydrogens is 250 g/mol. The summed E-state index contributed by atoms with van der Waals surface area (Å²) in [7, 11) is 1.67. The zero-order valence-corrected chi connectivity index (χ0v) is 13.5. The number of rotatable bonds is 4. The molecule has 3 nitrogen and oxygen atoms in total. The summed E-state index contributed by atoms with van der Waals surface area (Å²) in [6.45, 7) is 11.0. The van der Waals surface area contributed by atoms with Crippen LogP contribution in [-0.4, -0.2) is 12.7 Å². The van der Waals surface area contributed by atoms with Crippen LogP contribution in [0.2, 0.25) is 0 Å². The van der Waals surface area contributed by atoms with E-state index in [-0.39, 0.29) is 17.1 Å². The largest absolute Gasteiger partial charge is 0.487 e. The van der Waals surface area contributed by atoms with Gasteiger partial charge < -0.3 is 9.57 Å². The maximum absolute atomic E-state index is 6.10. The zero-order chi connectivity index (χ0) is 15.0. The van der Waals surface area contributed by atoms with Gasteiger partial charge in [0.25, 0.3) is 0 Å². The first kappa shape index (κ1) is 15.3. The second-order valence-electron chi connectivity index (χ2n) is 6.93. The summed E-state index contributed by atoms with van der Waals surface area (Å²) in [6.07, 6.45) is 2.00. The standard InChI is InChI=1S/C17H27NO2/c1-7-16(2,3)12-8-9-15-13(10-12)14(18-19-6)11-17(4,5)20-15/h8-10,14,18H,7,11H2,1-6H3. The minimum Gasteiger partial charge on any atom is -0.487 e. The summed E-state index contributed by atoms with van der Waals surface area (Å²) in [5, 5.41) is 0. The zero-order valence-electron chi connectivity index (χ0n) is 13.5. The maximum Gasteiger partial charge on any atom is 0.124 e. The predicted octanol–water partition coefficient (Wildman–Crippen LogP) is 4.13. The lowest BCUT2D eigenvalue weighted by Gasteiger charge is -2.38. The molecule has 112 valence electrons. The van der Waals surface area contributed by atoms with E-state index in [0.29, 0.717) is 0 Å². The van der Waals surface area contributed by atoms with Crippen LogP contribution < -0.4 is 10.2 Å². The summed E-state index contributed by atoms with van der Waals surface area (Å²) >= 11 is 0. The maximum atomic E-state index is 6.10. The van der Waals surface area contributed by atoms with Gasteiger partial charge >= 0.3 is 0 Å². The Kier molecular flexibility index (Phi) is 4.12. The van der Waals surface area contributed by atoms with Crippen molar-refractivity contribution in [2.75, 3.05) is 7.11 Å². The Balaban J connectivity index is 2.43. The quantitative estimate of drug-likeness (QED) is 0.839. The fourth-order valence-electron chi connectivity index (χ4n) is 2.73. The van der Waals surface area contributed by atoms with Gasteiger partial charge in [0, 0.05) is 12.0 Å². The van der Waals surface area contributed by atoms with Crippen LogP contribution in [0.15, 0.2) is 18.2 Å². The van der Waals surface area contributed by atoms with Gasteiger partial charge in [0.1, 0.15) is 11.4 Å². The van der Waals surface area contributed by atoms with Gasteiger partial charge in [-0.25, -0.2) is 0 Å². The Hall–Kier alpha value is -1.06. The number of hydroxylamine groups is 1. The Morgan fingerprint density at radius 2 is 2.10 bits per heavy atom. The highest BCUT2D eigenvalue weighted by molar-refractivity contribution is 5.43. The average Bonchev–Trinajstić information content (AvgIpc) is 2.37. The molecule has 1 aliphatic heterocycles. The van der Waals surface area contributed by atoms with Crippen LogP contribution >= 0.6 is 0 Å². The molecule has 1 aromatic rings. The Labute approximate surface area is 122 Å². The lowest BCUT2D eigenvalue weighted by molar-refractivity contribution is 0.00290. The summed E-state index contributed by atoms with van der Waals surface area (Å²) < 4.78 is 6.10. The fraction of sp³-hybridized carbons (Fsp3) is 0.647. The molecule has 20 heavy (non-hydrogen) atoms. The molecule has 0 amide bonds. The van der Waals surface area contributed by atoms with Crippen molar-refractivity contribution in [1.29, 1.82) is 0 Å². The van der Waals surface area contributed by atoms with Gasteiger partial charge in [-0.2, -0.15) is 5.48 Å². The van der Waals surface area contributed by atoms with Crippen molar-refractivity contribution in [2.45, 2.75) is 64.5 Å². The third-order valence-corrected chi connectivity index (χ3v) is 4.39. The van der Waals surface area contributed by atoms with Gasteiger partial charge in [-0.15, -0.1) is 0 Å². The first-order valence-corrected chi connectivity index (χ1v) is 7.41.